The van der Waals surface area contributed by atoms with Crippen molar-refractivity contribution in [1.29, 1.82) is 0 Å². The van der Waals surface area contributed by atoms with Gasteiger partial charge in [0, 0.05) is 19.1 Å². The number of aryl methyl sites for hydroxylation is 2. The summed E-state index contributed by atoms with van der Waals surface area (Å²) in [5.41, 5.74) is 2.01. The first-order chi connectivity index (χ1) is 8.66. The molecular weight excluding hydrogens is 224 g/mol. The molecule has 100 valence electrons. The van der Waals surface area contributed by atoms with E-state index in [0.29, 0.717) is 0 Å². The fourth-order valence-corrected chi connectivity index (χ4v) is 2.51. The van der Waals surface area contributed by atoms with E-state index in [1.807, 2.05) is 20.0 Å². The fraction of sp³-hybridized carbons (Fsp3) is 0.714. The summed E-state index contributed by atoms with van der Waals surface area (Å²) in [6, 6.07) is 0.789. The van der Waals surface area contributed by atoms with Gasteiger partial charge in [-0.15, -0.1) is 0 Å². The van der Waals surface area contributed by atoms with Crippen LogP contribution in [0.2, 0.25) is 0 Å². The number of aromatic nitrogens is 2. The molecule has 0 radical (unpaired) electrons. The molecule has 0 amide bonds. The lowest BCUT2D eigenvalue weighted by Crippen LogP contribution is -2.33. The Bertz CT molecular complexity index is 385. The van der Waals surface area contributed by atoms with Crippen molar-refractivity contribution in [2.24, 2.45) is 0 Å². The Morgan fingerprint density at radius 1 is 1.28 bits per heavy atom. The maximum atomic E-state index is 4.47. The highest BCUT2D eigenvalue weighted by Crippen LogP contribution is 2.21. The normalized spacial score (nSPS) is 16.4. The lowest BCUT2D eigenvalue weighted by Gasteiger charge is -2.24. The molecule has 0 atom stereocenters. The zero-order valence-corrected chi connectivity index (χ0v) is 11.7. The molecule has 0 spiro atoms. The molecule has 1 N–H and O–H groups in total. The second kappa shape index (κ2) is 6.14. The molecular formula is C14H24N4. The summed E-state index contributed by atoms with van der Waals surface area (Å²) in [7, 11) is 2.23. The lowest BCUT2D eigenvalue weighted by molar-refractivity contribution is 0.254. The van der Waals surface area contributed by atoms with Gasteiger partial charge in [0.25, 0.3) is 0 Å². The minimum atomic E-state index is 0.789. The summed E-state index contributed by atoms with van der Waals surface area (Å²) < 4.78 is 0. The molecule has 1 aromatic rings. The molecule has 2 rings (SSSR count). The summed E-state index contributed by atoms with van der Waals surface area (Å²) in [5.74, 6) is 0.887. The quantitative estimate of drug-likeness (QED) is 0.868. The zero-order valence-electron chi connectivity index (χ0n) is 11.7. The topological polar surface area (TPSA) is 41.1 Å². The molecule has 0 aromatic carbocycles. The van der Waals surface area contributed by atoms with Crippen LogP contribution in [0.1, 0.15) is 37.1 Å². The molecule has 1 heterocycles. The Kier molecular flexibility index (Phi) is 4.53. The van der Waals surface area contributed by atoms with Gasteiger partial charge < -0.3 is 10.2 Å². The largest absolute Gasteiger partial charge is 0.368 e. The molecule has 1 aliphatic carbocycles. The number of anilines is 1. The Hall–Kier alpha value is -1.16. The first-order valence-corrected chi connectivity index (χ1v) is 6.91. The van der Waals surface area contributed by atoms with E-state index in [4.69, 9.17) is 0 Å². The minimum absolute atomic E-state index is 0.789. The Balaban J connectivity index is 1.75. The van der Waals surface area contributed by atoms with Gasteiger partial charge in [0.15, 0.2) is 0 Å². The average Bonchev–Trinajstić information content (AvgIpc) is 2.87. The summed E-state index contributed by atoms with van der Waals surface area (Å²) in [4.78, 5) is 11.3. The third-order valence-electron chi connectivity index (χ3n) is 3.91. The highest BCUT2D eigenvalue weighted by Gasteiger charge is 2.18. The summed E-state index contributed by atoms with van der Waals surface area (Å²) in [6.07, 6.45) is 7.33. The Morgan fingerprint density at radius 2 is 2.00 bits per heavy atom. The SMILES string of the molecule is Cc1ncc(NCCN(C)C2CCCC2)nc1C. The fourth-order valence-electron chi connectivity index (χ4n) is 2.51. The van der Waals surface area contributed by atoms with Gasteiger partial charge in [-0.05, 0) is 33.7 Å². The second-order valence-corrected chi connectivity index (χ2v) is 5.27. The van der Waals surface area contributed by atoms with Crippen LogP contribution >= 0.6 is 0 Å². The van der Waals surface area contributed by atoms with Crippen LogP contribution in [0.3, 0.4) is 0 Å². The van der Waals surface area contributed by atoms with Crippen LogP contribution in [0.15, 0.2) is 6.20 Å². The smallest absolute Gasteiger partial charge is 0.144 e. The van der Waals surface area contributed by atoms with E-state index in [2.05, 4.69) is 27.2 Å². The lowest BCUT2D eigenvalue weighted by atomic mass is 10.2. The number of likely N-dealkylation sites (N-methyl/N-ethyl adjacent to an activating group) is 1. The monoisotopic (exact) mass is 248 g/mol. The van der Waals surface area contributed by atoms with Crippen molar-refractivity contribution in [3.63, 3.8) is 0 Å². The maximum Gasteiger partial charge on any atom is 0.144 e. The number of hydrogen-bond acceptors (Lipinski definition) is 4. The van der Waals surface area contributed by atoms with E-state index in [1.165, 1.54) is 25.7 Å². The highest BCUT2D eigenvalue weighted by molar-refractivity contribution is 5.33. The van der Waals surface area contributed by atoms with E-state index in [-0.39, 0.29) is 0 Å². The predicted octanol–water partition coefficient (Wildman–Crippen LogP) is 2.38. The van der Waals surface area contributed by atoms with Crippen LogP contribution in [0.25, 0.3) is 0 Å². The van der Waals surface area contributed by atoms with Crippen LogP contribution in [-0.4, -0.2) is 41.0 Å². The number of rotatable bonds is 5. The van der Waals surface area contributed by atoms with Crippen LogP contribution in [0, 0.1) is 13.8 Å². The van der Waals surface area contributed by atoms with E-state index in [9.17, 15) is 0 Å². The third kappa shape index (κ3) is 3.42. The van der Waals surface area contributed by atoms with Crippen LogP contribution in [0.4, 0.5) is 5.82 Å². The predicted molar refractivity (Wildman–Crippen MR) is 74.9 cm³/mol. The van der Waals surface area contributed by atoms with Gasteiger partial charge >= 0.3 is 0 Å². The van der Waals surface area contributed by atoms with Crippen molar-refractivity contribution in [2.45, 2.75) is 45.6 Å². The minimum Gasteiger partial charge on any atom is -0.368 e. The van der Waals surface area contributed by atoms with Gasteiger partial charge in [-0.25, -0.2) is 4.98 Å². The van der Waals surface area contributed by atoms with Crippen molar-refractivity contribution in [3.05, 3.63) is 17.6 Å². The number of hydrogen-bond donors (Lipinski definition) is 1. The van der Waals surface area contributed by atoms with E-state index >= 15 is 0 Å². The van der Waals surface area contributed by atoms with Gasteiger partial charge in [-0.1, -0.05) is 12.8 Å². The van der Waals surface area contributed by atoms with Crippen molar-refractivity contribution >= 4 is 5.82 Å². The Labute approximate surface area is 110 Å². The van der Waals surface area contributed by atoms with Gasteiger partial charge in [0.1, 0.15) is 5.82 Å². The number of nitrogens with zero attached hydrogens (tertiary/aromatic N) is 3. The summed E-state index contributed by atoms with van der Waals surface area (Å²) in [5, 5.41) is 3.35. The van der Waals surface area contributed by atoms with E-state index in [1.54, 1.807) is 0 Å². The molecule has 1 aromatic heterocycles. The van der Waals surface area contributed by atoms with Crippen molar-refractivity contribution < 1.29 is 0 Å². The van der Waals surface area contributed by atoms with Gasteiger partial charge in [0.05, 0.1) is 17.6 Å². The highest BCUT2D eigenvalue weighted by atomic mass is 15.2. The maximum absolute atomic E-state index is 4.47. The van der Waals surface area contributed by atoms with Gasteiger partial charge in [-0.2, -0.15) is 0 Å². The molecule has 0 unspecified atom stereocenters. The molecule has 0 aliphatic heterocycles. The molecule has 0 saturated heterocycles. The molecule has 1 saturated carbocycles. The Morgan fingerprint density at radius 3 is 2.67 bits per heavy atom. The van der Waals surface area contributed by atoms with Crippen molar-refractivity contribution in [3.8, 4) is 0 Å². The molecule has 18 heavy (non-hydrogen) atoms. The standard InChI is InChI=1S/C14H24N4/c1-11-12(2)17-14(10-16-11)15-8-9-18(3)13-6-4-5-7-13/h10,13H,4-9H2,1-3H3,(H,15,17). The number of nitrogens with one attached hydrogen (secondary N) is 1. The first-order valence-electron chi connectivity index (χ1n) is 6.91. The van der Waals surface area contributed by atoms with Crippen LogP contribution in [-0.2, 0) is 0 Å². The van der Waals surface area contributed by atoms with Gasteiger partial charge in [0.2, 0.25) is 0 Å². The molecule has 1 aliphatic rings. The summed E-state index contributed by atoms with van der Waals surface area (Å²) in [6.45, 7) is 5.99. The first kappa shape index (κ1) is 13.3. The van der Waals surface area contributed by atoms with Crippen LogP contribution in [0.5, 0.6) is 0 Å². The van der Waals surface area contributed by atoms with E-state index < -0.39 is 0 Å². The van der Waals surface area contributed by atoms with Crippen molar-refractivity contribution in [1.82, 2.24) is 14.9 Å². The second-order valence-electron chi connectivity index (χ2n) is 5.27. The van der Waals surface area contributed by atoms with Crippen molar-refractivity contribution in [2.75, 3.05) is 25.5 Å². The van der Waals surface area contributed by atoms with Crippen LogP contribution < -0.4 is 5.32 Å². The third-order valence-corrected chi connectivity index (χ3v) is 3.91. The van der Waals surface area contributed by atoms with E-state index in [0.717, 1.165) is 36.3 Å². The molecule has 1 fully saturated rings. The summed E-state index contributed by atoms with van der Waals surface area (Å²) >= 11 is 0. The average molecular weight is 248 g/mol. The molecule has 4 heteroatoms. The molecule has 4 nitrogen and oxygen atoms in total. The zero-order chi connectivity index (χ0) is 13.0. The van der Waals surface area contributed by atoms with Gasteiger partial charge in [-0.3, -0.25) is 4.98 Å². The molecule has 0 bridgehead atoms.